The van der Waals surface area contributed by atoms with Crippen LogP contribution in [0.1, 0.15) is 29.4 Å². The Balaban J connectivity index is 0.00000288. The maximum Gasteiger partial charge on any atom is 0.271 e. The number of carbonyl (C=O) groups is 1. The summed E-state index contributed by atoms with van der Waals surface area (Å²) in [5.74, 6) is 0.545. The van der Waals surface area contributed by atoms with Gasteiger partial charge in [0.15, 0.2) is 5.69 Å². The Morgan fingerprint density at radius 2 is 2.04 bits per heavy atom. The van der Waals surface area contributed by atoms with Crippen LogP contribution in [0.2, 0.25) is 0 Å². The molecule has 0 fully saturated rings. The Kier molecular flexibility index (Phi) is 8.29. The molecule has 132 valence electrons. The Morgan fingerprint density at radius 1 is 1.25 bits per heavy atom. The van der Waals surface area contributed by atoms with Gasteiger partial charge in [0.2, 0.25) is 0 Å². The molecule has 2 N–H and O–H groups in total. The first-order valence-corrected chi connectivity index (χ1v) is 7.85. The molecule has 1 aromatic carbocycles. The lowest BCUT2D eigenvalue weighted by Crippen LogP contribution is -2.32. The molecule has 24 heavy (non-hydrogen) atoms. The highest BCUT2D eigenvalue weighted by molar-refractivity contribution is 5.92. The van der Waals surface area contributed by atoms with Crippen LogP contribution in [-0.4, -0.2) is 42.4 Å². The summed E-state index contributed by atoms with van der Waals surface area (Å²) in [7, 11) is 1.62. The molecular weight excluding hydrogens is 328 g/mol. The number of hydrogen-bond acceptors (Lipinski definition) is 4. The number of aryl methyl sites for hydroxylation is 1. The Labute approximate surface area is 149 Å². The van der Waals surface area contributed by atoms with Gasteiger partial charge in [-0.1, -0.05) is 13.0 Å². The molecular formula is C17H25ClN4O2. The van der Waals surface area contributed by atoms with Crippen molar-refractivity contribution in [2.75, 3.05) is 26.7 Å². The van der Waals surface area contributed by atoms with E-state index in [1.165, 1.54) is 0 Å². The molecule has 2 aromatic rings. The van der Waals surface area contributed by atoms with Crippen LogP contribution >= 0.6 is 12.4 Å². The molecule has 1 amide bonds. The van der Waals surface area contributed by atoms with E-state index in [1.54, 1.807) is 24.1 Å². The van der Waals surface area contributed by atoms with Crippen molar-refractivity contribution in [2.45, 2.75) is 20.3 Å². The third kappa shape index (κ3) is 5.25. The molecule has 0 atom stereocenters. The maximum absolute atomic E-state index is 12.1. The van der Waals surface area contributed by atoms with Crippen LogP contribution in [0.25, 0.3) is 5.69 Å². The van der Waals surface area contributed by atoms with Gasteiger partial charge in [-0.25, -0.2) is 4.68 Å². The van der Waals surface area contributed by atoms with Crippen LogP contribution < -0.4 is 15.4 Å². The Hall–Kier alpha value is -2.05. The van der Waals surface area contributed by atoms with E-state index in [0.717, 1.165) is 36.5 Å². The monoisotopic (exact) mass is 352 g/mol. The highest BCUT2D eigenvalue weighted by Gasteiger charge is 2.12. The number of nitrogens with zero attached hydrogens (tertiary/aromatic N) is 2. The lowest BCUT2D eigenvalue weighted by molar-refractivity contribution is 0.0948. The predicted octanol–water partition coefficient (Wildman–Crippen LogP) is 2.34. The van der Waals surface area contributed by atoms with Crippen molar-refractivity contribution in [3.05, 3.63) is 41.7 Å². The van der Waals surface area contributed by atoms with Crippen molar-refractivity contribution >= 4 is 18.3 Å². The van der Waals surface area contributed by atoms with E-state index in [1.807, 2.05) is 25.1 Å². The summed E-state index contributed by atoms with van der Waals surface area (Å²) in [6.45, 7) is 6.41. The molecule has 0 unspecified atom stereocenters. The van der Waals surface area contributed by atoms with E-state index in [-0.39, 0.29) is 18.3 Å². The summed E-state index contributed by atoms with van der Waals surface area (Å²) in [4.78, 5) is 12.1. The van der Waals surface area contributed by atoms with Crippen LogP contribution in [0.15, 0.2) is 30.5 Å². The second-order valence-corrected chi connectivity index (χ2v) is 5.33. The van der Waals surface area contributed by atoms with Gasteiger partial charge in [-0.2, -0.15) is 5.10 Å². The summed E-state index contributed by atoms with van der Waals surface area (Å²) in [5.41, 5.74) is 2.31. The van der Waals surface area contributed by atoms with Gasteiger partial charge in [0.1, 0.15) is 11.4 Å². The van der Waals surface area contributed by atoms with E-state index in [0.29, 0.717) is 12.2 Å². The van der Waals surface area contributed by atoms with Crippen LogP contribution in [0.5, 0.6) is 5.75 Å². The Bertz CT molecular complexity index is 658. The minimum atomic E-state index is -0.173. The number of methoxy groups -OCH3 is 1. The molecule has 7 heteroatoms. The third-order valence-electron chi connectivity index (χ3n) is 3.42. The van der Waals surface area contributed by atoms with Crippen molar-refractivity contribution in [3.8, 4) is 11.4 Å². The second kappa shape index (κ2) is 9.95. The number of halogens is 1. The first-order chi connectivity index (χ1) is 11.2. The van der Waals surface area contributed by atoms with E-state index in [2.05, 4.69) is 22.7 Å². The van der Waals surface area contributed by atoms with Gasteiger partial charge in [0.25, 0.3) is 5.91 Å². The smallest absolute Gasteiger partial charge is 0.271 e. The largest absolute Gasteiger partial charge is 0.494 e. The summed E-state index contributed by atoms with van der Waals surface area (Å²) >= 11 is 0. The topological polar surface area (TPSA) is 68.2 Å². The SMILES string of the molecule is CCCNCCNC(=O)c1ccn(-c2cc(C)ccc2OC)n1.Cl. The van der Waals surface area contributed by atoms with Crippen molar-refractivity contribution in [1.29, 1.82) is 0 Å². The average molecular weight is 353 g/mol. The molecule has 0 spiro atoms. The fraction of sp³-hybridized carbons (Fsp3) is 0.412. The van der Waals surface area contributed by atoms with E-state index < -0.39 is 0 Å². The van der Waals surface area contributed by atoms with Gasteiger partial charge in [-0.15, -0.1) is 12.4 Å². The molecule has 1 heterocycles. The van der Waals surface area contributed by atoms with Gasteiger partial charge in [0.05, 0.1) is 7.11 Å². The fourth-order valence-corrected chi connectivity index (χ4v) is 2.22. The third-order valence-corrected chi connectivity index (χ3v) is 3.42. The van der Waals surface area contributed by atoms with Crippen molar-refractivity contribution in [3.63, 3.8) is 0 Å². The van der Waals surface area contributed by atoms with E-state index >= 15 is 0 Å². The molecule has 0 bridgehead atoms. The highest BCUT2D eigenvalue weighted by atomic mass is 35.5. The number of benzene rings is 1. The molecule has 6 nitrogen and oxygen atoms in total. The number of nitrogens with one attached hydrogen (secondary N) is 2. The molecule has 0 aliphatic rings. The van der Waals surface area contributed by atoms with Crippen LogP contribution in [0.3, 0.4) is 0 Å². The summed E-state index contributed by atoms with van der Waals surface area (Å²) in [6.07, 6.45) is 2.85. The molecule has 0 aliphatic carbocycles. The summed E-state index contributed by atoms with van der Waals surface area (Å²) < 4.78 is 7.02. The minimum absolute atomic E-state index is 0. The van der Waals surface area contributed by atoms with Crippen molar-refractivity contribution < 1.29 is 9.53 Å². The summed E-state index contributed by atoms with van der Waals surface area (Å²) in [6, 6.07) is 7.55. The van der Waals surface area contributed by atoms with Gasteiger partial charge >= 0.3 is 0 Å². The van der Waals surface area contributed by atoms with Gasteiger partial charge < -0.3 is 15.4 Å². The van der Waals surface area contributed by atoms with Gasteiger partial charge in [-0.3, -0.25) is 4.79 Å². The number of rotatable bonds is 8. The van der Waals surface area contributed by atoms with Gasteiger partial charge in [-0.05, 0) is 43.7 Å². The normalized spacial score (nSPS) is 10.1. The van der Waals surface area contributed by atoms with Crippen LogP contribution in [0.4, 0.5) is 0 Å². The molecule has 0 saturated heterocycles. The Morgan fingerprint density at radius 3 is 2.75 bits per heavy atom. The van der Waals surface area contributed by atoms with Crippen molar-refractivity contribution in [1.82, 2.24) is 20.4 Å². The predicted molar refractivity (Wildman–Crippen MR) is 97.6 cm³/mol. The highest BCUT2D eigenvalue weighted by Crippen LogP contribution is 2.23. The van der Waals surface area contributed by atoms with Crippen LogP contribution in [-0.2, 0) is 0 Å². The first kappa shape index (κ1) is 20.0. The maximum atomic E-state index is 12.1. The number of amides is 1. The molecule has 0 aliphatic heterocycles. The average Bonchev–Trinajstić information content (AvgIpc) is 3.04. The quantitative estimate of drug-likeness (QED) is 0.715. The molecule has 1 aromatic heterocycles. The molecule has 0 saturated carbocycles. The number of aromatic nitrogens is 2. The van der Waals surface area contributed by atoms with E-state index in [9.17, 15) is 4.79 Å². The minimum Gasteiger partial charge on any atom is -0.494 e. The number of ether oxygens (including phenoxy) is 1. The number of carbonyl (C=O) groups excluding carboxylic acids is 1. The van der Waals surface area contributed by atoms with Crippen LogP contribution in [0, 0.1) is 6.92 Å². The fourth-order valence-electron chi connectivity index (χ4n) is 2.22. The zero-order valence-electron chi connectivity index (χ0n) is 14.3. The zero-order chi connectivity index (χ0) is 16.7. The van der Waals surface area contributed by atoms with Crippen molar-refractivity contribution in [2.24, 2.45) is 0 Å². The standard InChI is InChI=1S/C17H24N4O2.ClH/c1-4-8-18-9-10-19-17(22)14-7-11-21(20-14)15-12-13(2)5-6-16(15)23-3;/h5-7,11-12,18H,4,8-10H2,1-3H3,(H,19,22);1H. The molecule has 2 rings (SSSR count). The lowest BCUT2D eigenvalue weighted by atomic mass is 10.2. The molecule has 0 radical (unpaired) electrons. The van der Waals surface area contributed by atoms with E-state index in [4.69, 9.17) is 4.74 Å². The first-order valence-electron chi connectivity index (χ1n) is 7.85. The second-order valence-electron chi connectivity index (χ2n) is 5.33. The zero-order valence-corrected chi connectivity index (χ0v) is 15.2. The lowest BCUT2D eigenvalue weighted by Gasteiger charge is -2.09. The van der Waals surface area contributed by atoms with Gasteiger partial charge in [0, 0.05) is 19.3 Å². The summed E-state index contributed by atoms with van der Waals surface area (Å²) in [5, 5.41) is 10.4. The number of hydrogen-bond donors (Lipinski definition) is 2.